The lowest BCUT2D eigenvalue weighted by molar-refractivity contribution is 0.431. The molecular weight excluding hydrogens is 238 g/mol. The van der Waals surface area contributed by atoms with Gasteiger partial charge in [0.15, 0.2) is 0 Å². The van der Waals surface area contributed by atoms with Gasteiger partial charge in [-0.05, 0) is 20.0 Å². The summed E-state index contributed by atoms with van der Waals surface area (Å²) in [5, 5.41) is 6.93. The van der Waals surface area contributed by atoms with E-state index in [1.807, 2.05) is 0 Å². The predicted octanol–water partition coefficient (Wildman–Crippen LogP) is 1.24. The molecule has 1 aromatic heterocycles. The first-order valence-corrected chi connectivity index (χ1v) is 7.23. The van der Waals surface area contributed by atoms with Crippen LogP contribution in [0.3, 0.4) is 0 Å². The van der Waals surface area contributed by atoms with Gasteiger partial charge in [-0.1, -0.05) is 33.4 Å². The van der Waals surface area contributed by atoms with E-state index in [4.69, 9.17) is 0 Å². The molecule has 0 amide bonds. The van der Waals surface area contributed by atoms with Gasteiger partial charge in [0.2, 0.25) is 5.95 Å². The maximum atomic E-state index is 4.29. The van der Waals surface area contributed by atoms with Crippen LogP contribution in [-0.4, -0.2) is 58.9 Å². The van der Waals surface area contributed by atoms with Gasteiger partial charge >= 0.3 is 6.98 Å². The first-order chi connectivity index (χ1) is 9.15. The number of H-pyrrole nitrogens is 1. The molecule has 19 heavy (non-hydrogen) atoms. The van der Waals surface area contributed by atoms with Crippen molar-refractivity contribution >= 4 is 19.9 Å². The molecule has 0 aliphatic carbocycles. The number of nitrogens with zero attached hydrogens (tertiary/aromatic N) is 5. The Bertz CT molecular complexity index is 373. The molecule has 104 valence electrons. The molecule has 0 aromatic carbocycles. The average molecular weight is 262 g/mol. The van der Waals surface area contributed by atoms with Crippen molar-refractivity contribution in [3.63, 3.8) is 0 Å². The highest BCUT2D eigenvalue weighted by Crippen LogP contribution is 2.19. The van der Waals surface area contributed by atoms with Gasteiger partial charge in [-0.25, -0.2) is 10.1 Å². The summed E-state index contributed by atoms with van der Waals surface area (Å²) in [6, 6.07) is 0. The first kappa shape index (κ1) is 14.4. The Morgan fingerprint density at radius 3 is 2.74 bits per heavy atom. The minimum Gasteiger partial charge on any atom is -0.359 e. The van der Waals surface area contributed by atoms with E-state index < -0.39 is 0 Å². The Morgan fingerprint density at radius 1 is 1.32 bits per heavy atom. The third-order valence-corrected chi connectivity index (χ3v) is 4.12. The number of hydrogen-bond acceptors (Lipinski definition) is 5. The average Bonchev–Trinajstić information content (AvgIpc) is 2.92. The van der Waals surface area contributed by atoms with Crippen LogP contribution in [0.2, 0.25) is 13.6 Å². The van der Waals surface area contributed by atoms with E-state index >= 15 is 0 Å². The van der Waals surface area contributed by atoms with Gasteiger partial charge < -0.3 is 14.3 Å². The second-order valence-corrected chi connectivity index (χ2v) is 5.39. The number of unbranched alkanes of at least 4 members (excludes halogenated alkanes) is 2. The second-order valence-electron chi connectivity index (χ2n) is 5.39. The zero-order chi connectivity index (χ0) is 13.8. The Kier molecular flexibility index (Phi) is 4.87. The normalized spacial score (nSPS) is 18.4. The molecule has 1 saturated heterocycles. The highest BCUT2D eigenvalue weighted by atomic mass is 15.4. The topological polar surface area (TPSA) is 51.3 Å². The molecule has 1 aliphatic heterocycles. The highest BCUT2D eigenvalue weighted by Gasteiger charge is 2.39. The summed E-state index contributed by atoms with van der Waals surface area (Å²) >= 11 is 0. The van der Waals surface area contributed by atoms with Crippen molar-refractivity contribution in [2.24, 2.45) is 0 Å². The molecule has 0 bridgehead atoms. The highest BCUT2D eigenvalue weighted by molar-refractivity contribution is 6.73. The molecule has 0 radical (unpaired) electrons. The Hall–Kier alpha value is -1.01. The standard InChI is InChI=1S/C11H24B2N6/c1-5-6-7-8-19-12(2)17(4)10-18(13(19)3)11-14-9-15-16-11/h9H,5-8,10H2,1-4H3,(H,14,15,16). The zero-order valence-corrected chi connectivity index (χ0v) is 12.5. The number of anilines is 1. The van der Waals surface area contributed by atoms with Crippen LogP contribution < -0.4 is 4.81 Å². The summed E-state index contributed by atoms with van der Waals surface area (Å²) < 4.78 is 2.53. The molecule has 1 N–H and O–H groups in total. The molecule has 1 fully saturated rings. The fourth-order valence-electron chi connectivity index (χ4n) is 2.72. The van der Waals surface area contributed by atoms with Crippen LogP contribution in [0.5, 0.6) is 0 Å². The van der Waals surface area contributed by atoms with Crippen LogP contribution >= 0.6 is 0 Å². The third kappa shape index (κ3) is 3.12. The molecule has 1 aromatic rings. The van der Waals surface area contributed by atoms with E-state index in [-0.39, 0.29) is 0 Å². The summed E-state index contributed by atoms with van der Waals surface area (Å²) in [4.78, 5) is 8.89. The number of nitrogens with one attached hydrogen (secondary N) is 1. The summed E-state index contributed by atoms with van der Waals surface area (Å²) in [5.41, 5.74) is 0. The quantitative estimate of drug-likeness (QED) is 0.639. The van der Waals surface area contributed by atoms with E-state index in [0.29, 0.717) is 14.0 Å². The number of hydrogen-bond donors (Lipinski definition) is 1. The molecule has 8 heteroatoms. The zero-order valence-electron chi connectivity index (χ0n) is 12.5. The van der Waals surface area contributed by atoms with Crippen LogP contribution in [0.1, 0.15) is 26.2 Å². The third-order valence-electron chi connectivity index (χ3n) is 4.12. The van der Waals surface area contributed by atoms with Gasteiger partial charge in [0, 0.05) is 0 Å². The molecule has 0 saturated carbocycles. The monoisotopic (exact) mass is 262 g/mol. The van der Waals surface area contributed by atoms with Crippen LogP contribution in [-0.2, 0) is 0 Å². The minimum atomic E-state index is 0.344. The fraction of sp³-hybridized carbons (Fsp3) is 0.818. The van der Waals surface area contributed by atoms with Gasteiger partial charge in [-0.15, -0.1) is 0 Å². The summed E-state index contributed by atoms with van der Waals surface area (Å²) in [6.07, 6.45) is 5.38. The van der Waals surface area contributed by atoms with Crippen LogP contribution in [0, 0.1) is 0 Å². The summed E-state index contributed by atoms with van der Waals surface area (Å²) in [6.45, 7) is 9.59. The Morgan fingerprint density at radius 2 is 2.11 bits per heavy atom. The second kappa shape index (κ2) is 6.43. The molecule has 2 rings (SSSR count). The van der Waals surface area contributed by atoms with Crippen molar-refractivity contribution in [2.75, 3.05) is 25.1 Å². The number of rotatable bonds is 5. The van der Waals surface area contributed by atoms with Crippen LogP contribution in [0.4, 0.5) is 5.95 Å². The van der Waals surface area contributed by atoms with E-state index in [1.54, 1.807) is 6.33 Å². The smallest absolute Gasteiger partial charge is 0.332 e. The van der Waals surface area contributed by atoms with Crippen molar-refractivity contribution in [2.45, 2.75) is 39.8 Å². The molecule has 0 spiro atoms. The van der Waals surface area contributed by atoms with E-state index in [0.717, 1.165) is 19.2 Å². The largest absolute Gasteiger partial charge is 0.359 e. The Labute approximate surface area is 116 Å². The van der Waals surface area contributed by atoms with E-state index in [1.165, 1.54) is 19.3 Å². The summed E-state index contributed by atoms with van der Waals surface area (Å²) in [5.74, 6) is 0.853. The molecular formula is C11H24B2N6. The maximum absolute atomic E-state index is 4.29. The van der Waals surface area contributed by atoms with Crippen molar-refractivity contribution in [1.82, 2.24) is 24.7 Å². The lowest BCUT2D eigenvalue weighted by Gasteiger charge is -2.47. The van der Waals surface area contributed by atoms with Crippen LogP contribution in [0.25, 0.3) is 0 Å². The summed E-state index contributed by atoms with van der Waals surface area (Å²) in [7, 11) is 2.16. The van der Waals surface area contributed by atoms with Gasteiger partial charge in [0.1, 0.15) is 6.33 Å². The molecule has 6 nitrogen and oxygen atoms in total. The lowest BCUT2D eigenvalue weighted by atomic mass is 9.58. The first-order valence-electron chi connectivity index (χ1n) is 7.23. The maximum Gasteiger partial charge on any atom is 0.332 e. The number of aromatic nitrogens is 3. The Balaban J connectivity index is 2.07. The molecule has 0 unspecified atom stereocenters. The lowest BCUT2D eigenvalue weighted by Crippen LogP contribution is -2.69. The molecule has 1 aliphatic rings. The number of aromatic amines is 1. The van der Waals surface area contributed by atoms with Crippen molar-refractivity contribution in [3.8, 4) is 0 Å². The van der Waals surface area contributed by atoms with E-state index in [2.05, 4.69) is 57.1 Å². The molecule has 0 atom stereocenters. The SMILES string of the molecule is CCCCCN1B(C)N(C)CN(c2ncn[nH]2)B1C. The van der Waals surface area contributed by atoms with Gasteiger partial charge in [-0.3, -0.25) is 0 Å². The predicted molar refractivity (Wildman–Crippen MR) is 81.0 cm³/mol. The van der Waals surface area contributed by atoms with Gasteiger partial charge in [0.25, 0.3) is 6.98 Å². The van der Waals surface area contributed by atoms with Crippen molar-refractivity contribution in [1.29, 1.82) is 0 Å². The van der Waals surface area contributed by atoms with Crippen LogP contribution in [0.15, 0.2) is 6.33 Å². The fourth-order valence-corrected chi connectivity index (χ4v) is 2.72. The van der Waals surface area contributed by atoms with Gasteiger partial charge in [-0.2, -0.15) is 5.10 Å². The molecule has 2 heterocycles. The van der Waals surface area contributed by atoms with Crippen molar-refractivity contribution in [3.05, 3.63) is 6.33 Å². The van der Waals surface area contributed by atoms with Crippen molar-refractivity contribution < 1.29 is 0 Å². The van der Waals surface area contributed by atoms with Gasteiger partial charge in [0.05, 0.1) is 6.67 Å². The van der Waals surface area contributed by atoms with E-state index in [9.17, 15) is 0 Å². The minimum absolute atomic E-state index is 0.344.